The molecule has 164 valence electrons. The number of anilines is 1. The van der Waals surface area contributed by atoms with Crippen LogP contribution in [0.3, 0.4) is 0 Å². The van der Waals surface area contributed by atoms with Crippen molar-refractivity contribution >= 4 is 23.4 Å². The first-order chi connectivity index (χ1) is 15.0. The molecule has 1 N–H and O–H groups in total. The van der Waals surface area contributed by atoms with Gasteiger partial charge in [-0.2, -0.15) is 0 Å². The Morgan fingerprint density at radius 2 is 1.52 bits per heavy atom. The maximum Gasteiger partial charge on any atom is 0.253 e. The first kappa shape index (κ1) is 22.5. The van der Waals surface area contributed by atoms with Gasteiger partial charge in [0.05, 0.1) is 6.54 Å². The summed E-state index contributed by atoms with van der Waals surface area (Å²) in [5.41, 5.74) is 1.86. The summed E-state index contributed by atoms with van der Waals surface area (Å²) in [5, 5.41) is 2.89. The molecular formula is C24H30N4O3. The number of piperazine rings is 1. The highest BCUT2D eigenvalue weighted by molar-refractivity contribution is 5.97. The molecule has 0 aromatic heterocycles. The molecule has 3 rings (SSSR count). The first-order valence-electron chi connectivity index (χ1n) is 10.8. The third kappa shape index (κ3) is 5.92. The normalized spacial score (nSPS) is 14.2. The minimum absolute atomic E-state index is 0.0272. The Labute approximate surface area is 183 Å². The summed E-state index contributed by atoms with van der Waals surface area (Å²) in [7, 11) is 0. The van der Waals surface area contributed by atoms with Crippen molar-refractivity contribution in [2.45, 2.75) is 13.8 Å². The number of carbonyl (C=O) groups is 3. The van der Waals surface area contributed by atoms with Crippen molar-refractivity contribution in [3.05, 3.63) is 65.7 Å². The molecular weight excluding hydrogens is 392 g/mol. The highest BCUT2D eigenvalue weighted by Crippen LogP contribution is 2.14. The van der Waals surface area contributed by atoms with E-state index in [0.29, 0.717) is 56.1 Å². The average Bonchev–Trinajstić information content (AvgIpc) is 2.80. The van der Waals surface area contributed by atoms with Crippen molar-refractivity contribution in [1.29, 1.82) is 0 Å². The Morgan fingerprint density at radius 3 is 2.16 bits per heavy atom. The lowest BCUT2D eigenvalue weighted by molar-refractivity contribution is -0.117. The first-order valence-corrected chi connectivity index (χ1v) is 10.8. The second kappa shape index (κ2) is 10.7. The van der Waals surface area contributed by atoms with Gasteiger partial charge in [0.1, 0.15) is 0 Å². The number of rotatable bonds is 7. The second-order valence-corrected chi connectivity index (χ2v) is 7.54. The zero-order valence-electron chi connectivity index (χ0n) is 18.2. The molecule has 1 aliphatic rings. The second-order valence-electron chi connectivity index (χ2n) is 7.54. The standard InChI is InChI=1S/C24H30N4O3/c1-3-27(4-2)24(31)20-11-8-12-21(17-20)25-22(29)18-26-13-15-28(16-14-26)23(30)19-9-6-5-7-10-19/h5-12,17H,3-4,13-16,18H2,1-2H3,(H,25,29). The number of carbonyl (C=O) groups excluding carboxylic acids is 3. The smallest absolute Gasteiger partial charge is 0.253 e. The van der Waals surface area contributed by atoms with Crippen molar-refractivity contribution in [3.63, 3.8) is 0 Å². The quantitative estimate of drug-likeness (QED) is 0.744. The predicted octanol–water partition coefficient (Wildman–Crippen LogP) is 2.57. The van der Waals surface area contributed by atoms with Gasteiger partial charge in [0.2, 0.25) is 5.91 Å². The fourth-order valence-electron chi connectivity index (χ4n) is 3.70. The lowest BCUT2D eigenvalue weighted by Crippen LogP contribution is -2.50. The van der Waals surface area contributed by atoms with Crippen LogP contribution in [-0.4, -0.2) is 78.2 Å². The highest BCUT2D eigenvalue weighted by Gasteiger charge is 2.23. The van der Waals surface area contributed by atoms with Crippen LogP contribution in [0, 0.1) is 0 Å². The molecule has 0 unspecified atom stereocenters. The molecule has 1 saturated heterocycles. The molecule has 0 spiro atoms. The van der Waals surface area contributed by atoms with Crippen LogP contribution < -0.4 is 5.32 Å². The maximum absolute atomic E-state index is 12.5. The molecule has 1 aliphatic heterocycles. The van der Waals surface area contributed by atoms with E-state index in [4.69, 9.17) is 0 Å². The van der Waals surface area contributed by atoms with E-state index in [1.54, 1.807) is 29.2 Å². The molecule has 0 bridgehead atoms. The van der Waals surface area contributed by atoms with Gasteiger partial charge in [-0.3, -0.25) is 19.3 Å². The molecule has 31 heavy (non-hydrogen) atoms. The van der Waals surface area contributed by atoms with E-state index in [9.17, 15) is 14.4 Å². The summed E-state index contributed by atoms with van der Waals surface area (Å²) in [6, 6.07) is 16.3. The van der Waals surface area contributed by atoms with Gasteiger partial charge in [-0.15, -0.1) is 0 Å². The molecule has 0 aliphatic carbocycles. The van der Waals surface area contributed by atoms with Crippen LogP contribution in [0.1, 0.15) is 34.6 Å². The Kier molecular flexibility index (Phi) is 7.78. The van der Waals surface area contributed by atoms with Gasteiger partial charge in [-0.25, -0.2) is 0 Å². The third-order valence-corrected chi connectivity index (χ3v) is 5.49. The van der Waals surface area contributed by atoms with Crippen LogP contribution in [0.4, 0.5) is 5.69 Å². The van der Waals surface area contributed by atoms with Crippen molar-refractivity contribution in [1.82, 2.24) is 14.7 Å². The van der Waals surface area contributed by atoms with E-state index < -0.39 is 0 Å². The topological polar surface area (TPSA) is 73.0 Å². The Hall–Kier alpha value is -3.19. The maximum atomic E-state index is 12.5. The summed E-state index contributed by atoms with van der Waals surface area (Å²) < 4.78 is 0. The number of amides is 3. The van der Waals surface area contributed by atoms with E-state index in [1.807, 2.05) is 54.0 Å². The van der Waals surface area contributed by atoms with Gasteiger partial charge in [0.15, 0.2) is 0 Å². The molecule has 1 heterocycles. The number of benzene rings is 2. The third-order valence-electron chi connectivity index (χ3n) is 5.49. The fourth-order valence-corrected chi connectivity index (χ4v) is 3.70. The summed E-state index contributed by atoms with van der Waals surface area (Å²) >= 11 is 0. The van der Waals surface area contributed by atoms with E-state index in [-0.39, 0.29) is 24.3 Å². The zero-order valence-corrected chi connectivity index (χ0v) is 18.2. The summed E-state index contributed by atoms with van der Waals surface area (Å²) in [5.74, 6) is -0.144. The van der Waals surface area contributed by atoms with Crippen LogP contribution >= 0.6 is 0 Å². The summed E-state index contributed by atoms with van der Waals surface area (Å²) in [4.78, 5) is 43.2. The molecule has 2 aromatic rings. The molecule has 0 radical (unpaired) electrons. The monoisotopic (exact) mass is 422 g/mol. The molecule has 0 saturated carbocycles. The number of hydrogen-bond donors (Lipinski definition) is 1. The van der Waals surface area contributed by atoms with Gasteiger partial charge in [0, 0.05) is 56.1 Å². The molecule has 1 fully saturated rings. The van der Waals surface area contributed by atoms with Crippen LogP contribution in [0.15, 0.2) is 54.6 Å². The summed E-state index contributed by atoms with van der Waals surface area (Å²) in [6.07, 6.45) is 0. The van der Waals surface area contributed by atoms with Crippen LogP contribution in [0.25, 0.3) is 0 Å². The largest absolute Gasteiger partial charge is 0.339 e. The Balaban J connectivity index is 1.50. The molecule has 2 aromatic carbocycles. The Bertz CT molecular complexity index is 904. The average molecular weight is 423 g/mol. The lowest BCUT2D eigenvalue weighted by Gasteiger charge is -2.34. The van der Waals surface area contributed by atoms with Crippen LogP contribution in [0.5, 0.6) is 0 Å². The van der Waals surface area contributed by atoms with Crippen molar-refractivity contribution in [2.24, 2.45) is 0 Å². The van der Waals surface area contributed by atoms with Crippen LogP contribution in [-0.2, 0) is 4.79 Å². The predicted molar refractivity (Wildman–Crippen MR) is 121 cm³/mol. The zero-order chi connectivity index (χ0) is 22.2. The van der Waals surface area contributed by atoms with Gasteiger partial charge in [-0.1, -0.05) is 24.3 Å². The van der Waals surface area contributed by atoms with Crippen molar-refractivity contribution < 1.29 is 14.4 Å². The van der Waals surface area contributed by atoms with Gasteiger partial charge < -0.3 is 15.1 Å². The van der Waals surface area contributed by atoms with E-state index in [0.717, 1.165) is 0 Å². The van der Waals surface area contributed by atoms with Crippen molar-refractivity contribution in [3.8, 4) is 0 Å². The SMILES string of the molecule is CCN(CC)C(=O)c1cccc(NC(=O)CN2CCN(C(=O)c3ccccc3)CC2)c1. The molecule has 7 nitrogen and oxygen atoms in total. The Morgan fingerprint density at radius 1 is 0.871 bits per heavy atom. The molecule has 0 atom stereocenters. The minimum Gasteiger partial charge on any atom is -0.339 e. The van der Waals surface area contributed by atoms with Gasteiger partial charge in [0.25, 0.3) is 11.8 Å². The highest BCUT2D eigenvalue weighted by atomic mass is 16.2. The molecule has 7 heteroatoms. The van der Waals surface area contributed by atoms with Crippen molar-refractivity contribution in [2.75, 3.05) is 51.1 Å². The fraction of sp³-hybridized carbons (Fsp3) is 0.375. The van der Waals surface area contributed by atoms with Crippen LogP contribution in [0.2, 0.25) is 0 Å². The number of hydrogen-bond acceptors (Lipinski definition) is 4. The van der Waals surface area contributed by atoms with E-state index >= 15 is 0 Å². The van der Waals surface area contributed by atoms with Gasteiger partial charge >= 0.3 is 0 Å². The number of nitrogens with one attached hydrogen (secondary N) is 1. The van der Waals surface area contributed by atoms with Gasteiger partial charge in [-0.05, 0) is 44.2 Å². The van der Waals surface area contributed by atoms with E-state index in [1.165, 1.54) is 0 Å². The number of nitrogens with zero attached hydrogens (tertiary/aromatic N) is 3. The lowest BCUT2D eigenvalue weighted by atomic mass is 10.1. The summed E-state index contributed by atoms with van der Waals surface area (Å²) in [6.45, 7) is 7.90. The minimum atomic E-state index is -0.129. The molecule has 3 amide bonds. The van der Waals surface area contributed by atoms with E-state index in [2.05, 4.69) is 5.32 Å².